The topological polar surface area (TPSA) is 43.6 Å². The van der Waals surface area contributed by atoms with Gasteiger partial charge in [0.05, 0.1) is 5.69 Å². The van der Waals surface area contributed by atoms with Crippen LogP contribution in [0.4, 0.5) is 13.2 Å². The lowest BCUT2D eigenvalue weighted by molar-refractivity contribution is -0.146. The molecule has 0 N–H and O–H groups in total. The van der Waals surface area contributed by atoms with Gasteiger partial charge >= 0.3 is 6.18 Å². The summed E-state index contributed by atoms with van der Waals surface area (Å²) in [6, 6.07) is 6.67. The van der Waals surface area contributed by atoms with Gasteiger partial charge in [0.1, 0.15) is 0 Å². The molecule has 96 valence electrons. The van der Waals surface area contributed by atoms with Crippen LogP contribution in [0.25, 0.3) is 5.69 Å². The maximum atomic E-state index is 12.6. The molecule has 0 atom stereocenters. The van der Waals surface area contributed by atoms with Crippen LogP contribution in [0.2, 0.25) is 0 Å². The molecule has 1 heterocycles. The lowest BCUT2D eigenvalue weighted by atomic mass is 10.0. The summed E-state index contributed by atoms with van der Waals surface area (Å²) in [4.78, 5) is 0. The van der Waals surface area contributed by atoms with Crippen LogP contribution >= 0.6 is 0 Å². The third-order valence-corrected chi connectivity index (χ3v) is 2.53. The number of alkyl halides is 3. The second-order valence-corrected chi connectivity index (χ2v) is 4.16. The zero-order chi connectivity index (χ0) is 13.3. The lowest BCUT2D eigenvalue weighted by Gasteiger charge is -2.09. The number of aromatic nitrogens is 4. The molecule has 2 rings (SSSR count). The van der Waals surface area contributed by atoms with Crippen LogP contribution in [-0.2, 0) is 6.18 Å². The first-order valence-corrected chi connectivity index (χ1v) is 5.35. The molecule has 1 aromatic heterocycles. The summed E-state index contributed by atoms with van der Waals surface area (Å²) >= 11 is 0. The minimum Gasteiger partial charge on any atom is -0.189 e. The SMILES string of the molecule is CC(C)c1ccc(-n2nnnc2C(F)(F)F)cc1. The standard InChI is InChI=1S/C11H11F3N4/c1-7(2)8-3-5-9(6-4-8)18-10(11(12,13)14)15-16-17-18/h3-7H,1-2H3. The van der Waals surface area contributed by atoms with E-state index in [1.165, 1.54) is 0 Å². The Balaban J connectivity index is 2.41. The van der Waals surface area contributed by atoms with Gasteiger partial charge in [0.15, 0.2) is 0 Å². The van der Waals surface area contributed by atoms with E-state index in [1.807, 2.05) is 13.8 Å². The predicted octanol–water partition coefficient (Wildman–Crippen LogP) is 2.80. The molecule has 0 saturated carbocycles. The molecule has 7 heteroatoms. The van der Waals surface area contributed by atoms with E-state index in [2.05, 4.69) is 15.5 Å². The number of hydrogen-bond acceptors (Lipinski definition) is 3. The quantitative estimate of drug-likeness (QED) is 0.829. The van der Waals surface area contributed by atoms with Gasteiger partial charge in [0, 0.05) is 0 Å². The number of tetrazole rings is 1. The van der Waals surface area contributed by atoms with Gasteiger partial charge in [0.2, 0.25) is 0 Å². The average molecular weight is 256 g/mol. The van der Waals surface area contributed by atoms with E-state index in [1.54, 1.807) is 24.3 Å². The number of rotatable bonds is 2. The first kappa shape index (κ1) is 12.5. The van der Waals surface area contributed by atoms with Crippen LogP contribution in [0.15, 0.2) is 24.3 Å². The second kappa shape index (κ2) is 4.40. The Kier molecular flexibility index (Phi) is 3.06. The highest BCUT2D eigenvalue weighted by molar-refractivity contribution is 5.35. The highest BCUT2D eigenvalue weighted by atomic mass is 19.4. The van der Waals surface area contributed by atoms with Crippen molar-refractivity contribution in [3.63, 3.8) is 0 Å². The van der Waals surface area contributed by atoms with Gasteiger partial charge in [-0.05, 0) is 34.0 Å². The van der Waals surface area contributed by atoms with Crippen LogP contribution in [0, 0.1) is 0 Å². The summed E-state index contributed by atoms with van der Waals surface area (Å²) in [6.45, 7) is 4.01. The number of hydrogen-bond donors (Lipinski definition) is 0. The Labute approximate surface area is 101 Å². The Hall–Kier alpha value is -1.92. The molecule has 0 aliphatic carbocycles. The largest absolute Gasteiger partial charge is 0.453 e. The maximum absolute atomic E-state index is 12.6. The van der Waals surface area contributed by atoms with E-state index in [4.69, 9.17) is 0 Å². The van der Waals surface area contributed by atoms with Gasteiger partial charge in [0.25, 0.3) is 5.82 Å². The van der Waals surface area contributed by atoms with Gasteiger partial charge < -0.3 is 0 Å². The Morgan fingerprint density at radius 2 is 1.72 bits per heavy atom. The van der Waals surface area contributed by atoms with E-state index >= 15 is 0 Å². The minimum absolute atomic E-state index is 0.289. The zero-order valence-electron chi connectivity index (χ0n) is 9.81. The fourth-order valence-corrected chi connectivity index (χ4v) is 1.54. The molecule has 0 fully saturated rings. The fourth-order valence-electron chi connectivity index (χ4n) is 1.54. The van der Waals surface area contributed by atoms with E-state index in [0.717, 1.165) is 5.56 Å². The maximum Gasteiger partial charge on any atom is 0.453 e. The van der Waals surface area contributed by atoms with E-state index < -0.39 is 12.0 Å². The highest BCUT2D eigenvalue weighted by Gasteiger charge is 2.38. The number of benzene rings is 1. The van der Waals surface area contributed by atoms with E-state index in [0.29, 0.717) is 10.6 Å². The van der Waals surface area contributed by atoms with Gasteiger partial charge in [-0.3, -0.25) is 0 Å². The average Bonchev–Trinajstić information content (AvgIpc) is 2.77. The molecule has 18 heavy (non-hydrogen) atoms. The molecule has 0 unspecified atom stereocenters. The van der Waals surface area contributed by atoms with Crippen LogP contribution < -0.4 is 0 Å². The minimum atomic E-state index is -4.57. The molecule has 0 aliphatic rings. The van der Waals surface area contributed by atoms with Crippen molar-refractivity contribution in [1.29, 1.82) is 0 Å². The van der Waals surface area contributed by atoms with Crippen molar-refractivity contribution in [1.82, 2.24) is 20.2 Å². The molecular formula is C11H11F3N4. The molecule has 1 aromatic carbocycles. The van der Waals surface area contributed by atoms with Crippen molar-refractivity contribution in [2.75, 3.05) is 0 Å². The van der Waals surface area contributed by atoms with Gasteiger partial charge in [-0.1, -0.05) is 26.0 Å². The zero-order valence-corrected chi connectivity index (χ0v) is 9.81. The molecule has 0 radical (unpaired) electrons. The molecule has 0 spiro atoms. The van der Waals surface area contributed by atoms with Gasteiger partial charge in [-0.2, -0.15) is 17.9 Å². The Bertz CT molecular complexity index is 528. The molecule has 4 nitrogen and oxygen atoms in total. The lowest BCUT2D eigenvalue weighted by Crippen LogP contribution is -2.14. The molecule has 0 amide bonds. The van der Waals surface area contributed by atoms with Crippen LogP contribution in [0.3, 0.4) is 0 Å². The van der Waals surface area contributed by atoms with Crippen molar-refractivity contribution < 1.29 is 13.2 Å². The van der Waals surface area contributed by atoms with Crippen molar-refractivity contribution in [2.24, 2.45) is 0 Å². The Morgan fingerprint density at radius 1 is 1.11 bits per heavy atom. The summed E-state index contributed by atoms with van der Waals surface area (Å²) in [5.41, 5.74) is 1.33. The number of nitrogens with zero attached hydrogens (tertiary/aromatic N) is 4. The fraction of sp³-hybridized carbons (Fsp3) is 0.364. The molecule has 2 aromatic rings. The predicted molar refractivity (Wildman–Crippen MR) is 58.2 cm³/mol. The van der Waals surface area contributed by atoms with Crippen LogP contribution in [0.1, 0.15) is 31.2 Å². The summed E-state index contributed by atoms with van der Waals surface area (Å²) in [5.74, 6) is -0.810. The summed E-state index contributed by atoms with van der Waals surface area (Å²) in [5, 5.41) is 9.43. The van der Waals surface area contributed by atoms with Crippen molar-refractivity contribution in [2.45, 2.75) is 25.9 Å². The Morgan fingerprint density at radius 3 is 2.22 bits per heavy atom. The third-order valence-electron chi connectivity index (χ3n) is 2.53. The first-order chi connectivity index (χ1) is 8.39. The van der Waals surface area contributed by atoms with Gasteiger partial charge in [-0.25, -0.2) is 0 Å². The number of halogens is 3. The first-order valence-electron chi connectivity index (χ1n) is 5.35. The molecular weight excluding hydrogens is 245 g/mol. The molecule has 0 aliphatic heterocycles. The molecule has 0 bridgehead atoms. The molecule has 0 saturated heterocycles. The second-order valence-electron chi connectivity index (χ2n) is 4.16. The van der Waals surface area contributed by atoms with Crippen LogP contribution in [0.5, 0.6) is 0 Å². The summed E-state index contributed by atoms with van der Waals surface area (Å²) in [6.07, 6.45) is -4.57. The van der Waals surface area contributed by atoms with E-state index in [-0.39, 0.29) is 5.69 Å². The van der Waals surface area contributed by atoms with E-state index in [9.17, 15) is 13.2 Å². The van der Waals surface area contributed by atoms with Crippen LogP contribution in [-0.4, -0.2) is 20.2 Å². The van der Waals surface area contributed by atoms with Crippen molar-refractivity contribution in [3.05, 3.63) is 35.7 Å². The van der Waals surface area contributed by atoms with Crippen molar-refractivity contribution in [3.8, 4) is 5.69 Å². The normalized spacial score (nSPS) is 12.1. The van der Waals surface area contributed by atoms with Gasteiger partial charge in [-0.15, -0.1) is 5.10 Å². The highest BCUT2D eigenvalue weighted by Crippen LogP contribution is 2.28. The monoisotopic (exact) mass is 256 g/mol. The third kappa shape index (κ3) is 2.34. The summed E-state index contributed by atoms with van der Waals surface area (Å²) in [7, 11) is 0. The smallest absolute Gasteiger partial charge is 0.189 e. The summed E-state index contributed by atoms with van der Waals surface area (Å²) < 4.78 is 38.5. The van der Waals surface area contributed by atoms with Crippen molar-refractivity contribution >= 4 is 0 Å².